The number of nitrogens with one attached hydrogen (secondary N) is 1. The molecule has 0 aromatic rings. The summed E-state index contributed by atoms with van der Waals surface area (Å²) in [6.07, 6.45) is 2.49. The minimum atomic E-state index is -0.913. The van der Waals surface area contributed by atoms with Gasteiger partial charge in [0.1, 0.15) is 6.04 Å². The molecule has 0 spiro atoms. The van der Waals surface area contributed by atoms with Gasteiger partial charge < -0.3 is 16.2 Å². The maximum atomic E-state index is 10.2. The SMILES string of the molecule is CCC(C)C(N)C(=O)O.CNC#N.Cl. The number of rotatable bonds is 3. The molecule has 0 bridgehead atoms. The number of carboxylic acid groups (broad SMARTS) is 1. The number of nitrogens with two attached hydrogens (primary N) is 1. The Kier molecular flexibility index (Phi) is 16.1. The standard InChI is InChI=1S/C6H13NO2.C2H4N2.ClH/c1-3-4(2)5(7)6(8)9;1-4-2-3;/h4-5H,3,7H2,1-2H3,(H,8,9);4H,1H3;1H. The van der Waals surface area contributed by atoms with Crippen LogP contribution in [0, 0.1) is 17.4 Å². The molecule has 0 amide bonds. The lowest BCUT2D eigenvalue weighted by Gasteiger charge is -2.11. The van der Waals surface area contributed by atoms with Gasteiger partial charge in [0, 0.05) is 7.05 Å². The largest absolute Gasteiger partial charge is 0.480 e. The first kappa shape index (κ1) is 18.7. The van der Waals surface area contributed by atoms with Crippen molar-refractivity contribution in [1.29, 1.82) is 5.26 Å². The van der Waals surface area contributed by atoms with Gasteiger partial charge >= 0.3 is 5.97 Å². The van der Waals surface area contributed by atoms with Gasteiger partial charge in [0.15, 0.2) is 6.19 Å². The Labute approximate surface area is 90.7 Å². The number of nitrogens with zero attached hydrogens (tertiary/aromatic N) is 1. The highest BCUT2D eigenvalue weighted by Crippen LogP contribution is 2.04. The summed E-state index contributed by atoms with van der Waals surface area (Å²) in [5, 5.41) is 18.1. The predicted molar refractivity (Wildman–Crippen MR) is 57.0 cm³/mol. The Bertz CT molecular complexity index is 182. The van der Waals surface area contributed by atoms with E-state index in [1.165, 1.54) is 0 Å². The van der Waals surface area contributed by atoms with E-state index in [1.807, 2.05) is 13.8 Å². The van der Waals surface area contributed by atoms with Gasteiger partial charge in [0.05, 0.1) is 0 Å². The Morgan fingerprint density at radius 1 is 1.71 bits per heavy atom. The fourth-order valence-electron chi connectivity index (χ4n) is 0.497. The average Bonchev–Trinajstić information content (AvgIpc) is 2.15. The molecule has 0 aliphatic rings. The Morgan fingerprint density at radius 3 is 2.14 bits per heavy atom. The van der Waals surface area contributed by atoms with Crippen LogP contribution in [0.1, 0.15) is 20.3 Å². The Morgan fingerprint density at radius 2 is 2.07 bits per heavy atom. The molecule has 0 aliphatic heterocycles. The van der Waals surface area contributed by atoms with E-state index in [0.29, 0.717) is 0 Å². The van der Waals surface area contributed by atoms with Crippen molar-refractivity contribution in [3.05, 3.63) is 0 Å². The van der Waals surface area contributed by atoms with Crippen LogP contribution in [-0.2, 0) is 4.79 Å². The van der Waals surface area contributed by atoms with Crippen LogP contribution in [-0.4, -0.2) is 24.2 Å². The molecule has 6 heteroatoms. The van der Waals surface area contributed by atoms with Gasteiger partial charge in [-0.3, -0.25) is 4.79 Å². The third-order valence-corrected chi connectivity index (χ3v) is 1.65. The summed E-state index contributed by atoms with van der Waals surface area (Å²) in [4.78, 5) is 10.2. The van der Waals surface area contributed by atoms with E-state index >= 15 is 0 Å². The summed E-state index contributed by atoms with van der Waals surface area (Å²) in [7, 11) is 1.57. The van der Waals surface area contributed by atoms with Gasteiger partial charge in [-0.25, -0.2) is 0 Å². The van der Waals surface area contributed by atoms with E-state index in [0.717, 1.165) is 6.42 Å². The molecule has 0 aromatic heterocycles. The monoisotopic (exact) mass is 223 g/mol. The fourth-order valence-corrected chi connectivity index (χ4v) is 0.497. The molecule has 0 aliphatic carbocycles. The normalized spacial score (nSPS) is 11.9. The van der Waals surface area contributed by atoms with Crippen LogP contribution in [0.15, 0.2) is 0 Å². The first-order valence-electron chi connectivity index (χ1n) is 4.05. The van der Waals surface area contributed by atoms with Crippen molar-refractivity contribution in [2.75, 3.05) is 7.05 Å². The van der Waals surface area contributed by atoms with Crippen LogP contribution in [0.3, 0.4) is 0 Å². The molecule has 84 valence electrons. The number of carbonyl (C=O) groups is 1. The highest BCUT2D eigenvalue weighted by atomic mass is 35.5. The zero-order valence-electron chi connectivity index (χ0n) is 8.65. The Hall–Kier alpha value is -0.990. The minimum Gasteiger partial charge on any atom is -0.480 e. The molecule has 2 atom stereocenters. The maximum absolute atomic E-state index is 10.2. The van der Waals surface area contributed by atoms with E-state index in [-0.39, 0.29) is 18.3 Å². The highest BCUT2D eigenvalue weighted by molar-refractivity contribution is 5.85. The zero-order valence-corrected chi connectivity index (χ0v) is 9.47. The van der Waals surface area contributed by atoms with Crippen LogP contribution in [0.25, 0.3) is 0 Å². The molecule has 4 N–H and O–H groups in total. The third-order valence-electron chi connectivity index (χ3n) is 1.65. The molecular formula is C8H18ClN3O2. The minimum absolute atomic E-state index is 0. The van der Waals surface area contributed by atoms with Crippen molar-refractivity contribution < 1.29 is 9.90 Å². The summed E-state index contributed by atoms with van der Waals surface area (Å²) < 4.78 is 0. The third kappa shape index (κ3) is 11.0. The first-order chi connectivity index (χ1) is 6.01. The highest BCUT2D eigenvalue weighted by Gasteiger charge is 2.17. The average molecular weight is 224 g/mol. The second kappa shape index (κ2) is 12.0. The quantitative estimate of drug-likeness (QED) is 0.480. The molecule has 5 nitrogen and oxygen atoms in total. The van der Waals surface area contributed by atoms with Crippen LogP contribution in [0.5, 0.6) is 0 Å². The number of halogens is 1. The van der Waals surface area contributed by atoms with E-state index in [1.54, 1.807) is 13.2 Å². The number of aliphatic carboxylic acids is 1. The summed E-state index contributed by atoms with van der Waals surface area (Å²) in [6, 6.07) is -0.699. The number of hydrogen-bond acceptors (Lipinski definition) is 4. The van der Waals surface area contributed by atoms with Crippen molar-refractivity contribution in [3.8, 4) is 6.19 Å². The summed E-state index contributed by atoms with van der Waals surface area (Å²) in [5.41, 5.74) is 5.27. The smallest absolute Gasteiger partial charge is 0.320 e. The fraction of sp³-hybridized carbons (Fsp3) is 0.750. The van der Waals surface area contributed by atoms with Gasteiger partial charge in [-0.2, -0.15) is 5.26 Å². The zero-order chi connectivity index (χ0) is 10.9. The van der Waals surface area contributed by atoms with Crippen LogP contribution in [0.2, 0.25) is 0 Å². The van der Waals surface area contributed by atoms with Gasteiger partial charge in [0.25, 0.3) is 0 Å². The molecule has 0 radical (unpaired) electrons. The summed E-state index contributed by atoms with van der Waals surface area (Å²) in [5.74, 6) is -0.841. The van der Waals surface area contributed by atoms with Crippen molar-refractivity contribution in [3.63, 3.8) is 0 Å². The molecule has 0 saturated heterocycles. The van der Waals surface area contributed by atoms with E-state index in [4.69, 9.17) is 16.1 Å². The van der Waals surface area contributed by atoms with Crippen molar-refractivity contribution in [2.45, 2.75) is 26.3 Å². The van der Waals surface area contributed by atoms with E-state index in [2.05, 4.69) is 5.32 Å². The number of hydrogen-bond donors (Lipinski definition) is 3. The molecule has 0 rings (SSSR count). The molecule has 2 unspecified atom stereocenters. The van der Waals surface area contributed by atoms with Crippen molar-refractivity contribution in [1.82, 2.24) is 5.32 Å². The topological polar surface area (TPSA) is 99.1 Å². The summed E-state index contributed by atoms with van der Waals surface area (Å²) >= 11 is 0. The lowest BCUT2D eigenvalue weighted by molar-refractivity contribution is -0.139. The first-order valence-corrected chi connectivity index (χ1v) is 4.05. The molecule has 14 heavy (non-hydrogen) atoms. The van der Waals surface area contributed by atoms with Crippen molar-refractivity contribution >= 4 is 18.4 Å². The lowest BCUT2D eigenvalue weighted by Crippen LogP contribution is -2.36. The van der Waals surface area contributed by atoms with E-state index < -0.39 is 12.0 Å². The summed E-state index contributed by atoms with van der Waals surface area (Å²) in [6.45, 7) is 3.76. The van der Waals surface area contributed by atoms with Gasteiger partial charge in [0.2, 0.25) is 0 Å². The second-order valence-corrected chi connectivity index (χ2v) is 2.61. The van der Waals surface area contributed by atoms with Crippen molar-refractivity contribution in [2.24, 2.45) is 11.7 Å². The van der Waals surface area contributed by atoms with E-state index in [9.17, 15) is 4.79 Å². The van der Waals surface area contributed by atoms with Gasteiger partial charge in [-0.1, -0.05) is 20.3 Å². The maximum Gasteiger partial charge on any atom is 0.320 e. The predicted octanol–water partition coefficient (Wildman–Crippen LogP) is 0.553. The van der Waals surface area contributed by atoms with Crippen LogP contribution < -0.4 is 11.1 Å². The number of carboxylic acids is 1. The molecule has 0 fully saturated rings. The molecule has 0 heterocycles. The molecule has 0 aromatic carbocycles. The molecule has 0 saturated carbocycles. The van der Waals surface area contributed by atoms with Crippen LogP contribution in [0.4, 0.5) is 0 Å². The Balaban J connectivity index is -0.000000209. The van der Waals surface area contributed by atoms with Crippen LogP contribution >= 0.6 is 12.4 Å². The number of nitriles is 1. The molecular weight excluding hydrogens is 206 g/mol. The van der Waals surface area contributed by atoms with Gasteiger partial charge in [-0.05, 0) is 5.92 Å². The second-order valence-electron chi connectivity index (χ2n) is 2.61. The van der Waals surface area contributed by atoms with Gasteiger partial charge in [-0.15, -0.1) is 12.4 Å². The lowest BCUT2D eigenvalue weighted by atomic mass is 10.0.